The highest BCUT2D eigenvalue weighted by Crippen LogP contribution is 2.22. The van der Waals surface area contributed by atoms with Crippen molar-refractivity contribution in [3.8, 4) is 5.75 Å². The van der Waals surface area contributed by atoms with Gasteiger partial charge in [-0.3, -0.25) is 4.99 Å². The van der Waals surface area contributed by atoms with Crippen molar-refractivity contribution in [2.24, 2.45) is 4.99 Å². The molecule has 0 aliphatic rings. The Bertz CT molecular complexity index is 691. The highest BCUT2D eigenvalue weighted by molar-refractivity contribution is 7.10. The van der Waals surface area contributed by atoms with Crippen LogP contribution in [0.5, 0.6) is 5.75 Å². The van der Waals surface area contributed by atoms with Crippen LogP contribution in [0.1, 0.15) is 17.8 Å². The SMILES string of the molecule is CN=C(NCC(C)Oc1ccccc1F)NCC(c1cccs1)N(C)C. The number of hydrogen-bond acceptors (Lipinski definition) is 4. The summed E-state index contributed by atoms with van der Waals surface area (Å²) in [5.41, 5.74) is 0. The molecule has 0 aliphatic carbocycles. The van der Waals surface area contributed by atoms with Crippen molar-refractivity contribution < 1.29 is 9.13 Å². The summed E-state index contributed by atoms with van der Waals surface area (Å²) in [4.78, 5) is 7.72. The summed E-state index contributed by atoms with van der Waals surface area (Å²) in [5, 5.41) is 8.65. The number of likely N-dealkylation sites (N-methyl/N-ethyl adjacent to an activating group) is 1. The number of para-hydroxylation sites is 1. The minimum Gasteiger partial charge on any atom is -0.486 e. The molecule has 0 spiro atoms. The zero-order valence-electron chi connectivity index (χ0n) is 15.7. The minimum atomic E-state index is -0.355. The van der Waals surface area contributed by atoms with E-state index in [1.807, 2.05) is 6.92 Å². The monoisotopic (exact) mass is 378 g/mol. The fourth-order valence-electron chi connectivity index (χ4n) is 2.47. The summed E-state index contributed by atoms with van der Waals surface area (Å²) in [5.74, 6) is 0.596. The molecule has 0 bridgehead atoms. The quantitative estimate of drug-likeness (QED) is 0.547. The highest BCUT2D eigenvalue weighted by atomic mass is 32.1. The van der Waals surface area contributed by atoms with E-state index < -0.39 is 0 Å². The Labute approximate surface area is 158 Å². The first-order chi connectivity index (χ1) is 12.5. The minimum absolute atomic E-state index is 0.201. The molecular formula is C19H27FN4OS. The smallest absolute Gasteiger partial charge is 0.191 e. The number of benzene rings is 1. The number of aliphatic imine (C=N–C) groups is 1. The lowest BCUT2D eigenvalue weighted by atomic mass is 10.2. The summed E-state index contributed by atoms with van der Waals surface area (Å²) in [6, 6.07) is 10.9. The third-order valence-electron chi connectivity index (χ3n) is 3.90. The first kappa shape index (κ1) is 20.2. The van der Waals surface area contributed by atoms with E-state index in [1.165, 1.54) is 10.9 Å². The molecule has 0 saturated carbocycles. The fourth-order valence-corrected chi connectivity index (χ4v) is 3.39. The molecule has 0 saturated heterocycles. The maximum Gasteiger partial charge on any atom is 0.191 e. The van der Waals surface area contributed by atoms with Crippen molar-refractivity contribution in [3.63, 3.8) is 0 Å². The van der Waals surface area contributed by atoms with Crippen LogP contribution in [0.25, 0.3) is 0 Å². The lowest BCUT2D eigenvalue weighted by Gasteiger charge is -2.25. The van der Waals surface area contributed by atoms with Crippen LogP contribution in [-0.2, 0) is 0 Å². The number of rotatable bonds is 8. The number of thiophene rings is 1. The second-order valence-corrected chi connectivity index (χ2v) is 7.17. The van der Waals surface area contributed by atoms with Crippen LogP contribution in [0, 0.1) is 5.82 Å². The fraction of sp³-hybridized carbons (Fsp3) is 0.421. The molecule has 2 atom stereocenters. The summed E-state index contributed by atoms with van der Waals surface area (Å²) in [6.07, 6.45) is -0.201. The van der Waals surface area contributed by atoms with Gasteiger partial charge < -0.3 is 20.3 Å². The van der Waals surface area contributed by atoms with E-state index in [1.54, 1.807) is 36.6 Å². The molecular weight excluding hydrogens is 351 g/mol. The Morgan fingerprint density at radius 3 is 2.54 bits per heavy atom. The molecule has 0 amide bonds. The molecule has 0 radical (unpaired) electrons. The number of guanidine groups is 1. The summed E-state index contributed by atoms with van der Waals surface area (Å²) < 4.78 is 19.3. The number of nitrogens with one attached hydrogen (secondary N) is 2. The Balaban J connectivity index is 1.82. The third-order valence-corrected chi connectivity index (χ3v) is 4.88. The molecule has 0 fully saturated rings. The summed E-state index contributed by atoms with van der Waals surface area (Å²) in [6.45, 7) is 3.14. The van der Waals surface area contributed by atoms with E-state index in [-0.39, 0.29) is 23.7 Å². The van der Waals surface area contributed by atoms with Crippen LogP contribution < -0.4 is 15.4 Å². The van der Waals surface area contributed by atoms with Crippen molar-refractivity contribution in [2.75, 3.05) is 34.2 Å². The van der Waals surface area contributed by atoms with Gasteiger partial charge in [0.1, 0.15) is 6.10 Å². The molecule has 2 aromatic rings. The van der Waals surface area contributed by atoms with E-state index in [9.17, 15) is 4.39 Å². The summed E-state index contributed by atoms with van der Waals surface area (Å²) >= 11 is 1.74. The third kappa shape index (κ3) is 6.00. The molecule has 26 heavy (non-hydrogen) atoms. The van der Waals surface area contributed by atoms with Gasteiger partial charge in [-0.05, 0) is 44.6 Å². The Morgan fingerprint density at radius 2 is 1.92 bits per heavy atom. The van der Waals surface area contributed by atoms with Gasteiger partial charge in [0.05, 0.1) is 12.6 Å². The lowest BCUT2D eigenvalue weighted by Crippen LogP contribution is -2.44. The molecule has 1 aromatic carbocycles. The average molecular weight is 379 g/mol. The van der Waals surface area contributed by atoms with Gasteiger partial charge in [-0.1, -0.05) is 18.2 Å². The van der Waals surface area contributed by atoms with E-state index in [0.717, 1.165) is 6.54 Å². The van der Waals surface area contributed by atoms with Gasteiger partial charge in [0.2, 0.25) is 0 Å². The van der Waals surface area contributed by atoms with E-state index in [2.05, 4.69) is 52.1 Å². The van der Waals surface area contributed by atoms with Gasteiger partial charge in [0, 0.05) is 18.5 Å². The van der Waals surface area contributed by atoms with Crippen molar-refractivity contribution in [2.45, 2.75) is 19.1 Å². The average Bonchev–Trinajstić information content (AvgIpc) is 3.14. The molecule has 2 rings (SSSR count). The van der Waals surface area contributed by atoms with Gasteiger partial charge in [-0.25, -0.2) is 4.39 Å². The maximum absolute atomic E-state index is 13.6. The first-order valence-corrected chi connectivity index (χ1v) is 9.44. The number of halogens is 1. The maximum atomic E-state index is 13.6. The number of nitrogens with zero attached hydrogens (tertiary/aromatic N) is 2. The van der Waals surface area contributed by atoms with E-state index in [0.29, 0.717) is 12.5 Å². The molecule has 0 aliphatic heterocycles. The van der Waals surface area contributed by atoms with Crippen molar-refractivity contribution in [3.05, 3.63) is 52.5 Å². The molecule has 1 aromatic heterocycles. The molecule has 5 nitrogen and oxygen atoms in total. The molecule has 1 heterocycles. The van der Waals surface area contributed by atoms with Crippen LogP contribution >= 0.6 is 11.3 Å². The van der Waals surface area contributed by atoms with Gasteiger partial charge in [0.25, 0.3) is 0 Å². The Hall–Kier alpha value is -2.12. The Morgan fingerprint density at radius 1 is 1.19 bits per heavy atom. The van der Waals surface area contributed by atoms with E-state index in [4.69, 9.17) is 4.74 Å². The van der Waals surface area contributed by atoms with Crippen LogP contribution in [0.4, 0.5) is 4.39 Å². The second kappa shape index (κ2) is 10.1. The topological polar surface area (TPSA) is 48.9 Å². The first-order valence-electron chi connectivity index (χ1n) is 8.56. The predicted octanol–water partition coefficient (Wildman–Crippen LogP) is 3.12. The predicted molar refractivity (Wildman–Crippen MR) is 107 cm³/mol. The van der Waals surface area contributed by atoms with Crippen LogP contribution in [-0.4, -0.2) is 51.2 Å². The summed E-state index contributed by atoms with van der Waals surface area (Å²) in [7, 11) is 5.85. The standard InChI is InChI=1S/C19H27FN4OS/c1-14(25-17-9-6-5-8-15(17)20)12-22-19(21-2)23-13-16(24(3)4)18-10-7-11-26-18/h5-11,14,16H,12-13H2,1-4H3,(H2,21,22,23). The molecule has 142 valence electrons. The normalized spacial score (nSPS) is 14.2. The van der Waals surface area contributed by atoms with Gasteiger partial charge in [-0.2, -0.15) is 0 Å². The second-order valence-electron chi connectivity index (χ2n) is 6.19. The number of hydrogen-bond donors (Lipinski definition) is 2. The molecule has 2 N–H and O–H groups in total. The van der Waals surface area contributed by atoms with Gasteiger partial charge in [-0.15, -0.1) is 11.3 Å². The van der Waals surface area contributed by atoms with Crippen LogP contribution in [0.3, 0.4) is 0 Å². The molecule has 7 heteroatoms. The highest BCUT2D eigenvalue weighted by Gasteiger charge is 2.16. The lowest BCUT2D eigenvalue weighted by molar-refractivity contribution is 0.214. The number of ether oxygens (including phenoxy) is 1. The van der Waals surface area contributed by atoms with Crippen molar-refractivity contribution in [1.29, 1.82) is 0 Å². The van der Waals surface area contributed by atoms with Gasteiger partial charge in [0.15, 0.2) is 17.5 Å². The van der Waals surface area contributed by atoms with E-state index >= 15 is 0 Å². The van der Waals surface area contributed by atoms with Crippen LogP contribution in [0.15, 0.2) is 46.8 Å². The van der Waals surface area contributed by atoms with Crippen molar-refractivity contribution >= 4 is 17.3 Å². The zero-order chi connectivity index (χ0) is 18.9. The van der Waals surface area contributed by atoms with Crippen LogP contribution in [0.2, 0.25) is 0 Å². The molecule has 2 unspecified atom stereocenters. The Kier molecular flexibility index (Phi) is 7.87. The zero-order valence-corrected chi connectivity index (χ0v) is 16.5. The largest absolute Gasteiger partial charge is 0.486 e. The van der Waals surface area contributed by atoms with Gasteiger partial charge >= 0.3 is 0 Å². The van der Waals surface area contributed by atoms with Crippen molar-refractivity contribution in [1.82, 2.24) is 15.5 Å².